The average molecular weight is 355 g/mol. The van der Waals surface area contributed by atoms with E-state index >= 15 is 0 Å². The summed E-state index contributed by atoms with van der Waals surface area (Å²) in [6, 6.07) is 9.87. The second kappa shape index (κ2) is 7.68. The maximum atomic E-state index is 12.9. The predicted molar refractivity (Wildman–Crippen MR) is 97.2 cm³/mol. The number of carbonyl (C=O) groups excluding carboxylic acids is 2. The quantitative estimate of drug-likeness (QED) is 0.862. The minimum atomic E-state index is -0.277. The Labute approximate surface area is 152 Å². The number of Topliss-reactive ketones (excluding diaryl/α,β-unsaturated/α-hetero) is 1. The molecule has 136 valence electrons. The fourth-order valence-corrected chi connectivity index (χ4v) is 3.42. The normalized spacial score (nSPS) is 15.7. The second-order valence-electron chi connectivity index (χ2n) is 6.71. The van der Waals surface area contributed by atoms with Gasteiger partial charge in [0.05, 0.1) is 5.56 Å². The van der Waals surface area contributed by atoms with Gasteiger partial charge in [-0.25, -0.2) is 4.39 Å². The number of ether oxygens (including phenoxy) is 1. The summed E-state index contributed by atoms with van der Waals surface area (Å²) in [7, 11) is 0. The molecule has 0 spiro atoms. The van der Waals surface area contributed by atoms with Gasteiger partial charge in [-0.3, -0.25) is 9.59 Å². The molecule has 0 aromatic heterocycles. The summed E-state index contributed by atoms with van der Waals surface area (Å²) in [6.07, 6.45) is 1.10. The van der Waals surface area contributed by atoms with Crippen molar-refractivity contribution in [3.05, 3.63) is 64.5 Å². The Morgan fingerprint density at radius 1 is 1.23 bits per heavy atom. The summed E-state index contributed by atoms with van der Waals surface area (Å²) in [6.45, 7) is 4.32. The largest absolute Gasteiger partial charge is 0.483 e. The van der Waals surface area contributed by atoms with Gasteiger partial charge in [0.15, 0.2) is 12.4 Å². The molecule has 5 heteroatoms. The van der Waals surface area contributed by atoms with Crippen molar-refractivity contribution < 1.29 is 18.7 Å². The van der Waals surface area contributed by atoms with E-state index in [1.54, 1.807) is 18.2 Å². The summed E-state index contributed by atoms with van der Waals surface area (Å²) < 4.78 is 18.5. The molecule has 1 N–H and O–H groups in total. The number of hydrogen-bond donors (Lipinski definition) is 1. The van der Waals surface area contributed by atoms with Crippen LogP contribution in [0, 0.1) is 12.7 Å². The van der Waals surface area contributed by atoms with E-state index in [1.165, 1.54) is 12.1 Å². The number of amides is 1. The zero-order valence-corrected chi connectivity index (χ0v) is 15.0. The lowest BCUT2D eigenvalue weighted by atomic mass is 9.97. The molecule has 0 fully saturated rings. The van der Waals surface area contributed by atoms with E-state index in [9.17, 15) is 14.0 Å². The van der Waals surface area contributed by atoms with Crippen LogP contribution in [0.3, 0.4) is 0 Å². The van der Waals surface area contributed by atoms with Crippen molar-refractivity contribution in [2.24, 2.45) is 0 Å². The standard InChI is InChI=1S/C21H22FNO3/c1-13-3-8-18(21-17(24)11-14(2)20(13)21)26-12-19(25)23-10-9-15-4-6-16(22)7-5-15/h3-8,14H,9-12H2,1-2H3,(H,23,25)/t14-/m1/s1. The first-order valence-corrected chi connectivity index (χ1v) is 8.76. The molecule has 0 bridgehead atoms. The summed E-state index contributed by atoms with van der Waals surface area (Å²) in [5.41, 5.74) is 3.68. The third kappa shape index (κ3) is 3.93. The van der Waals surface area contributed by atoms with Crippen LogP contribution in [0.1, 0.15) is 46.3 Å². The van der Waals surface area contributed by atoms with E-state index in [2.05, 4.69) is 5.32 Å². The number of aryl methyl sites for hydroxylation is 1. The van der Waals surface area contributed by atoms with Gasteiger partial charge in [0.2, 0.25) is 0 Å². The topological polar surface area (TPSA) is 55.4 Å². The fraction of sp³-hybridized carbons (Fsp3) is 0.333. The highest BCUT2D eigenvalue weighted by Crippen LogP contribution is 2.40. The van der Waals surface area contributed by atoms with E-state index < -0.39 is 0 Å². The predicted octanol–water partition coefficient (Wildman–Crippen LogP) is 3.56. The Bertz CT molecular complexity index is 830. The molecule has 1 aliphatic rings. The van der Waals surface area contributed by atoms with Crippen molar-refractivity contribution in [3.8, 4) is 5.75 Å². The van der Waals surface area contributed by atoms with Gasteiger partial charge in [0.1, 0.15) is 11.6 Å². The first-order valence-electron chi connectivity index (χ1n) is 8.76. The van der Waals surface area contributed by atoms with Crippen LogP contribution in [0.2, 0.25) is 0 Å². The first-order chi connectivity index (χ1) is 12.5. The van der Waals surface area contributed by atoms with Gasteiger partial charge in [-0.2, -0.15) is 0 Å². The van der Waals surface area contributed by atoms with Crippen LogP contribution in [0.15, 0.2) is 36.4 Å². The van der Waals surface area contributed by atoms with Crippen LogP contribution >= 0.6 is 0 Å². The van der Waals surface area contributed by atoms with Crippen LogP contribution in [0.4, 0.5) is 4.39 Å². The maximum absolute atomic E-state index is 12.9. The van der Waals surface area contributed by atoms with Crippen molar-refractivity contribution in [3.63, 3.8) is 0 Å². The van der Waals surface area contributed by atoms with Gasteiger partial charge in [-0.15, -0.1) is 0 Å². The van der Waals surface area contributed by atoms with Gasteiger partial charge in [-0.05, 0) is 54.2 Å². The van der Waals surface area contributed by atoms with E-state index in [1.807, 2.05) is 19.9 Å². The van der Waals surface area contributed by atoms with Gasteiger partial charge in [0.25, 0.3) is 5.91 Å². The third-order valence-electron chi connectivity index (χ3n) is 4.70. The molecule has 4 nitrogen and oxygen atoms in total. The number of fused-ring (bicyclic) bond motifs is 1. The second-order valence-corrected chi connectivity index (χ2v) is 6.71. The van der Waals surface area contributed by atoms with Crippen molar-refractivity contribution in [2.75, 3.05) is 13.2 Å². The van der Waals surface area contributed by atoms with E-state index in [0.29, 0.717) is 30.7 Å². The number of carbonyl (C=O) groups is 2. The van der Waals surface area contributed by atoms with Crippen LogP contribution in [-0.4, -0.2) is 24.8 Å². The Kier molecular flexibility index (Phi) is 5.35. The number of nitrogens with one attached hydrogen (secondary N) is 1. The van der Waals surface area contributed by atoms with E-state index in [0.717, 1.165) is 16.7 Å². The molecule has 1 atom stereocenters. The highest BCUT2D eigenvalue weighted by Gasteiger charge is 2.31. The van der Waals surface area contributed by atoms with Crippen LogP contribution in [0.25, 0.3) is 0 Å². The highest BCUT2D eigenvalue weighted by atomic mass is 19.1. The van der Waals surface area contributed by atoms with E-state index in [-0.39, 0.29) is 30.0 Å². The van der Waals surface area contributed by atoms with Gasteiger partial charge in [-0.1, -0.05) is 25.1 Å². The number of benzene rings is 2. The van der Waals surface area contributed by atoms with Crippen LogP contribution in [0.5, 0.6) is 5.75 Å². The molecule has 0 unspecified atom stereocenters. The lowest BCUT2D eigenvalue weighted by Crippen LogP contribution is -2.30. The Hall–Kier alpha value is -2.69. The fourth-order valence-electron chi connectivity index (χ4n) is 3.42. The number of ketones is 1. The number of hydrogen-bond acceptors (Lipinski definition) is 3. The molecular formula is C21H22FNO3. The molecule has 0 aliphatic heterocycles. The lowest BCUT2D eigenvalue weighted by Gasteiger charge is -2.13. The molecule has 0 saturated carbocycles. The van der Waals surface area contributed by atoms with Crippen LogP contribution < -0.4 is 10.1 Å². The third-order valence-corrected chi connectivity index (χ3v) is 4.70. The molecule has 0 radical (unpaired) electrons. The summed E-state index contributed by atoms with van der Waals surface area (Å²) >= 11 is 0. The highest BCUT2D eigenvalue weighted by molar-refractivity contribution is 6.04. The summed E-state index contributed by atoms with van der Waals surface area (Å²) in [5.74, 6) is 0.211. The van der Waals surface area contributed by atoms with Crippen molar-refractivity contribution >= 4 is 11.7 Å². The lowest BCUT2D eigenvalue weighted by molar-refractivity contribution is -0.123. The molecule has 0 saturated heterocycles. The van der Waals surface area contributed by atoms with Crippen molar-refractivity contribution in [1.82, 2.24) is 5.32 Å². The Morgan fingerprint density at radius 3 is 2.69 bits per heavy atom. The molecule has 2 aromatic rings. The first kappa shape index (κ1) is 18.1. The van der Waals surface area contributed by atoms with Gasteiger partial charge < -0.3 is 10.1 Å². The van der Waals surface area contributed by atoms with Gasteiger partial charge >= 0.3 is 0 Å². The number of halogens is 1. The van der Waals surface area contributed by atoms with E-state index in [4.69, 9.17) is 4.74 Å². The zero-order valence-electron chi connectivity index (χ0n) is 15.0. The summed E-state index contributed by atoms with van der Waals surface area (Å²) in [5, 5.41) is 2.77. The molecule has 1 aliphatic carbocycles. The smallest absolute Gasteiger partial charge is 0.257 e. The molecule has 3 rings (SSSR count). The Morgan fingerprint density at radius 2 is 1.96 bits per heavy atom. The van der Waals surface area contributed by atoms with Gasteiger partial charge in [0, 0.05) is 13.0 Å². The SMILES string of the molecule is Cc1ccc(OCC(=O)NCCc2ccc(F)cc2)c2c1[C@H](C)CC2=O. The monoisotopic (exact) mass is 355 g/mol. The van der Waals surface area contributed by atoms with Crippen LogP contribution in [-0.2, 0) is 11.2 Å². The average Bonchev–Trinajstić information content (AvgIpc) is 2.92. The molecule has 26 heavy (non-hydrogen) atoms. The minimum absolute atomic E-state index is 0.0721. The van der Waals surface area contributed by atoms with Crippen molar-refractivity contribution in [1.29, 1.82) is 0 Å². The molecule has 1 amide bonds. The molecular weight excluding hydrogens is 333 g/mol. The maximum Gasteiger partial charge on any atom is 0.257 e. The summed E-state index contributed by atoms with van der Waals surface area (Å²) in [4.78, 5) is 24.2. The van der Waals surface area contributed by atoms with Crippen molar-refractivity contribution in [2.45, 2.75) is 32.6 Å². The number of rotatable bonds is 6. The molecule has 2 aromatic carbocycles. The minimum Gasteiger partial charge on any atom is -0.483 e. The molecule has 0 heterocycles. The zero-order chi connectivity index (χ0) is 18.7. The Balaban J connectivity index is 1.54.